The van der Waals surface area contributed by atoms with E-state index in [1.165, 1.54) is 5.56 Å². The molecule has 4 rings (SSSR count). The fourth-order valence-corrected chi connectivity index (χ4v) is 4.55. The van der Waals surface area contributed by atoms with Crippen LogP contribution in [-0.4, -0.2) is 49.0 Å². The monoisotopic (exact) mass is 314 g/mol. The minimum atomic E-state index is 0.0757. The van der Waals surface area contributed by atoms with Crippen molar-refractivity contribution in [2.75, 3.05) is 33.3 Å². The molecule has 4 nitrogen and oxygen atoms in total. The molecule has 0 spiro atoms. The van der Waals surface area contributed by atoms with Gasteiger partial charge in [0, 0.05) is 37.2 Å². The van der Waals surface area contributed by atoms with Crippen molar-refractivity contribution in [2.45, 2.75) is 25.8 Å². The van der Waals surface area contributed by atoms with Gasteiger partial charge in [-0.15, -0.1) is 0 Å². The Labute approximate surface area is 138 Å². The number of piperidine rings is 1. The maximum Gasteiger partial charge on any atom is 0.227 e. The first-order chi connectivity index (χ1) is 11.1. The summed E-state index contributed by atoms with van der Waals surface area (Å²) in [7, 11) is 2.14. The first kappa shape index (κ1) is 15.0. The third kappa shape index (κ3) is 2.53. The number of hydrogen-bond donors (Lipinski definition) is 0. The first-order valence-electron chi connectivity index (χ1n) is 8.86. The molecule has 0 bridgehead atoms. The molecule has 1 aromatic carbocycles. The van der Waals surface area contributed by atoms with Gasteiger partial charge in [0.2, 0.25) is 5.91 Å². The summed E-state index contributed by atoms with van der Waals surface area (Å²) in [6.07, 6.45) is 2.28. The van der Waals surface area contributed by atoms with E-state index in [4.69, 9.17) is 4.74 Å². The molecule has 0 radical (unpaired) electrons. The molecule has 2 saturated heterocycles. The molecule has 1 amide bonds. The van der Waals surface area contributed by atoms with Crippen molar-refractivity contribution in [3.63, 3.8) is 0 Å². The van der Waals surface area contributed by atoms with Gasteiger partial charge in [-0.2, -0.15) is 0 Å². The average Bonchev–Trinajstić information content (AvgIpc) is 2.92. The number of para-hydroxylation sites is 1. The fourth-order valence-electron chi connectivity index (χ4n) is 4.55. The molecular formula is C19H26N2O2. The molecule has 3 aliphatic rings. The van der Waals surface area contributed by atoms with E-state index in [2.05, 4.69) is 35.9 Å². The molecule has 3 aliphatic heterocycles. The summed E-state index contributed by atoms with van der Waals surface area (Å²) in [6.45, 7) is 5.64. The van der Waals surface area contributed by atoms with E-state index in [9.17, 15) is 4.79 Å². The number of hydrogen-bond acceptors (Lipinski definition) is 3. The summed E-state index contributed by atoms with van der Waals surface area (Å²) < 4.78 is 5.97. The molecular weight excluding hydrogens is 288 g/mol. The van der Waals surface area contributed by atoms with Crippen LogP contribution in [0.25, 0.3) is 0 Å². The van der Waals surface area contributed by atoms with Gasteiger partial charge in [0.15, 0.2) is 0 Å². The highest BCUT2D eigenvalue weighted by atomic mass is 16.5. The highest BCUT2D eigenvalue weighted by molar-refractivity contribution is 5.80. The fraction of sp³-hybridized carbons (Fsp3) is 0.632. The first-order valence-corrected chi connectivity index (χ1v) is 8.86. The van der Waals surface area contributed by atoms with Gasteiger partial charge in [-0.05, 0) is 31.9 Å². The summed E-state index contributed by atoms with van der Waals surface area (Å²) in [4.78, 5) is 17.5. The zero-order chi connectivity index (χ0) is 16.0. The van der Waals surface area contributed by atoms with Gasteiger partial charge in [-0.25, -0.2) is 0 Å². The van der Waals surface area contributed by atoms with Crippen molar-refractivity contribution in [3.05, 3.63) is 29.8 Å². The molecule has 4 heteroatoms. The topological polar surface area (TPSA) is 32.8 Å². The molecule has 0 unspecified atom stereocenters. The molecule has 0 saturated carbocycles. The van der Waals surface area contributed by atoms with Crippen LogP contribution in [0, 0.1) is 17.8 Å². The predicted molar refractivity (Wildman–Crippen MR) is 89.3 cm³/mol. The van der Waals surface area contributed by atoms with Crippen molar-refractivity contribution in [1.29, 1.82) is 0 Å². The van der Waals surface area contributed by atoms with Gasteiger partial charge in [-0.3, -0.25) is 9.69 Å². The lowest BCUT2D eigenvalue weighted by atomic mass is 9.84. The smallest absolute Gasteiger partial charge is 0.227 e. The van der Waals surface area contributed by atoms with Crippen LogP contribution in [0.3, 0.4) is 0 Å². The summed E-state index contributed by atoms with van der Waals surface area (Å²) in [6, 6.07) is 8.60. The summed E-state index contributed by atoms with van der Waals surface area (Å²) in [5.74, 6) is 2.44. The van der Waals surface area contributed by atoms with Crippen LogP contribution in [-0.2, 0) is 4.79 Å². The quantitative estimate of drug-likeness (QED) is 0.799. The highest BCUT2D eigenvalue weighted by Gasteiger charge is 2.48. The number of fused-ring (bicyclic) bond motifs is 3. The number of carbonyl (C=O) groups excluding carboxylic acids is 1. The maximum atomic E-state index is 13.1. The third-order valence-corrected chi connectivity index (χ3v) is 5.96. The zero-order valence-electron chi connectivity index (χ0n) is 14.1. The van der Waals surface area contributed by atoms with Gasteiger partial charge in [0.05, 0.1) is 12.5 Å². The average molecular weight is 314 g/mol. The molecule has 3 heterocycles. The van der Waals surface area contributed by atoms with Crippen molar-refractivity contribution >= 4 is 5.91 Å². The number of amides is 1. The van der Waals surface area contributed by atoms with Gasteiger partial charge < -0.3 is 9.64 Å². The molecule has 1 aromatic rings. The molecule has 0 N–H and O–H groups in total. The van der Waals surface area contributed by atoms with Crippen LogP contribution in [0.4, 0.5) is 0 Å². The van der Waals surface area contributed by atoms with Gasteiger partial charge in [0.25, 0.3) is 0 Å². The molecule has 0 aliphatic carbocycles. The maximum absolute atomic E-state index is 13.1. The van der Waals surface area contributed by atoms with Crippen LogP contribution in [0.2, 0.25) is 0 Å². The van der Waals surface area contributed by atoms with Crippen LogP contribution in [0.15, 0.2) is 24.3 Å². The van der Waals surface area contributed by atoms with E-state index in [0.717, 1.165) is 44.1 Å². The number of ether oxygens (including phenoxy) is 1. The lowest BCUT2D eigenvalue weighted by Crippen LogP contribution is -2.44. The predicted octanol–water partition coefficient (Wildman–Crippen LogP) is 2.56. The molecule has 0 aromatic heterocycles. The Balaban J connectivity index is 1.55. The van der Waals surface area contributed by atoms with E-state index in [0.29, 0.717) is 18.6 Å². The standard InChI is InChI=1S/C19H26N2O2/c1-13-7-9-21(10-8-13)19(22)15-11-20(2)18-14-5-3-4-6-17(14)23-12-16(15)18/h3-6,13,15-16,18H,7-12H2,1-2H3/t15-,16+,18+/m1/s1. The summed E-state index contributed by atoms with van der Waals surface area (Å²) in [5.41, 5.74) is 1.24. The van der Waals surface area contributed by atoms with E-state index in [-0.39, 0.29) is 11.8 Å². The highest BCUT2D eigenvalue weighted by Crippen LogP contribution is 2.47. The minimum Gasteiger partial charge on any atom is -0.493 e. The molecule has 124 valence electrons. The van der Waals surface area contributed by atoms with Gasteiger partial charge >= 0.3 is 0 Å². The second kappa shape index (κ2) is 5.82. The van der Waals surface area contributed by atoms with Crippen molar-refractivity contribution in [2.24, 2.45) is 17.8 Å². The van der Waals surface area contributed by atoms with Gasteiger partial charge in [0.1, 0.15) is 5.75 Å². The van der Waals surface area contributed by atoms with Crippen LogP contribution in [0.1, 0.15) is 31.4 Å². The van der Waals surface area contributed by atoms with Crippen LogP contribution >= 0.6 is 0 Å². The SMILES string of the molecule is CC1CCN(C(=O)[C@@H]2CN(C)[C@H]3c4ccccc4OC[C@@H]23)CC1. The van der Waals surface area contributed by atoms with E-state index < -0.39 is 0 Å². The second-order valence-corrected chi connectivity index (χ2v) is 7.51. The normalized spacial score (nSPS) is 31.4. The Bertz CT molecular complexity index is 595. The van der Waals surface area contributed by atoms with Crippen molar-refractivity contribution in [1.82, 2.24) is 9.80 Å². The number of rotatable bonds is 1. The van der Waals surface area contributed by atoms with Crippen LogP contribution in [0.5, 0.6) is 5.75 Å². The number of carbonyl (C=O) groups is 1. The third-order valence-electron chi connectivity index (χ3n) is 5.96. The number of benzene rings is 1. The molecule has 2 fully saturated rings. The lowest BCUT2D eigenvalue weighted by molar-refractivity contribution is -0.138. The Morgan fingerprint density at radius 2 is 1.96 bits per heavy atom. The Kier molecular flexibility index (Phi) is 3.80. The number of nitrogens with zero attached hydrogens (tertiary/aromatic N) is 2. The second-order valence-electron chi connectivity index (χ2n) is 7.51. The molecule has 3 atom stereocenters. The Morgan fingerprint density at radius 1 is 1.22 bits per heavy atom. The summed E-state index contributed by atoms with van der Waals surface area (Å²) in [5, 5.41) is 0. The van der Waals surface area contributed by atoms with Crippen molar-refractivity contribution < 1.29 is 9.53 Å². The lowest BCUT2D eigenvalue weighted by Gasteiger charge is -2.35. The van der Waals surface area contributed by atoms with Crippen LogP contribution < -0.4 is 4.74 Å². The minimum absolute atomic E-state index is 0.0757. The summed E-state index contributed by atoms with van der Waals surface area (Å²) >= 11 is 0. The van der Waals surface area contributed by atoms with Gasteiger partial charge in [-0.1, -0.05) is 25.1 Å². The van der Waals surface area contributed by atoms with Crippen molar-refractivity contribution in [3.8, 4) is 5.75 Å². The molecule has 23 heavy (non-hydrogen) atoms. The largest absolute Gasteiger partial charge is 0.493 e. The van der Waals surface area contributed by atoms with E-state index in [1.807, 2.05) is 12.1 Å². The Hall–Kier alpha value is -1.55. The van der Waals surface area contributed by atoms with E-state index in [1.54, 1.807) is 0 Å². The zero-order valence-corrected chi connectivity index (χ0v) is 14.1. The Morgan fingerprint density at radius 3 is 2.74 bits per heavy atom. The number of likely N-dealkylation sites (tertiary alicyclic amines) is 2. The van der Waals surface area contributed by atoms with E-state index >= 15 is 0 Å².